The molecule has 2 aromatic heterocycles. The summed E-state index contributed by atoms with van der Waals surface area (Å²) in [4.78, 5) is 5.62. The fourth-order valence-electron chi connectivity index (χ4n) is 2.14. The van der Waals surface area contributed by atoms with E-state index in [0.29, 0.717) is 6.54 Å². The van der Waals surface area contributed by atoms with Crippen LogP contribution in [0.4, 0.5) is 0 Å². The Kier molecular flexibility index (Phi) is 4.98. The van der Waals surface area contributed by atoms with Crippen LogP contribution in [0.2, 0.25) is 0 Å². The molecule has 0 saturated heterocycles. The number of hydrogen-bond donors (Lipinski definition) is 1. The number of benzene rings is 1. The maximum Gasteiger partial charge on any atom is 0.212 e. The molecule has 0 bridgehead atoms. The predicted octanol–water partition coefficient (Wildman–Crippen LogP) is 3.39. The van der Waals surface area contributed by atoms with E-state index < -0.39 is 0 Å². The van der Waals surface area contributed by atoms with Crippen molar-refractivity contribution in [1.29, 1.82) is 0 Å². The minimum absolute atomic E-state index is 0. The molecule has 2 heterocycles. The summed E-state index contributed by atoms with van der Waals surface area (Å²) in [6, 6.07) is 6.43. The molecule has 2 N–H and O–H groups in total. The SMILES string of the molecule is Cc1ccc(-c2cn3nc(CCCN)sc3n2)cc1C.Cl. The Labute approximate surface area is 134 Å². The summed E-state index contributed by atoms with van der Waals surface area (Å²) in [5.74, 6) is 0. The van der Waals surface area contributed by atoms with Gasteiger partial charge in [0.25, 0.3) is 0 Å². The summed E-state index contributed by atoms with van der Waals surface area (Å²) >= 11 is 1.65. The van der Waals surface area contributed by atoms with Crippen molar-refractivity contribution in [2.45, 2.75) is 26.7 Å². The van der Waals surface area contributed by atoms with Crippen molar-refractivity contribution in [1.82, 2.24) is 14.6 Å². The van der Waals surface area contributed by atoms with Crippen LogP contribution >= 0.6 is 23.7 Å². The molecule has 0 aliphatic carbocycles. The van der Waals surface area contributed by atoms with Gasteiger partial charge in [0.1, 0.15) is 5.01 Å². The summed E-state index contributed by atoms with van der Waals surface area (Å²) < 4.78 is 1.88. The van der Waals surface area contributed by atoms with E-state index in [0.717, 1.165) is 34.1 Å². The maximum absolute atomic E-state index is 5.53. The molecule has 0 atom stereocenters. The Morgan fingerprint density at radius 1 is 1.24 bits per heavy atom. The van der Waals surface area contributed by atoms with Crippen LogP contribution in [0, 0.1) is 13.8 Å². The van der Waals surface area contributed by atoms with E-state index in [9.17, 15) is 0 Å². The van der Waals surface area contributed by atoms with E-state index in [1.165, 1.54) is 11.1 Å². The Morgan fingerprint density at radius 2 is 2.05 bits per heavy atom. The number of aromatic nitrogens is 3. The number of hydrogen-bond acceptors (Lipinski definition) is 4. The van der Waals surface area contributed by atoms with Gasteiger partial charge < -0.3 is 5.73 Å². The molecule has 0 spiro atoms. The van der Waals surface area contributed by atoms with Crippen LogP contribution in [0.3, 0.4) is 0 Å². The van der Waals surface area contributed by atoms with E-state index in [2.05, 4.69) is 42.1 Å². The first-order valence-electron chi connectivity index (χ1n) is 6.80. The number of imidazole rings is 1. The molecule has 0 aliphatic heterocycles. The molecule has 0 amide bonds. The van der Waals surface area contributed by atoms with Crippen LogP contribution in [0.25, 0.3) is 16.2 Å². The van der Waals surface area contributed by atoms with Gasteiger partial charge in [0.05, 0.1) is 11.9 Å². The third kappa shape index (κ3) is 3.26. The van der Waals surface area contributed by atoms with Crippen LogP contribution in [-0.4, -0.2) is 21.1 Å². The number of nitrogens with two attached hydrogens (primary N) is 1. The predicted molar refractivity (Wildman–Crippen MR) is 90.4 cm³/mol. The highest BCUT2D eigenvalue weighted by Gasteiger charge is 2.10. The lowest BCUT2D eigenvalue weighted by molar-refractivity contribution is 0.799. The molecule has 0 fully saturated rings. The van der Waals surface area contributed by atoms with Crippen LogP contribution in [-0.2, 0) is 6.42 Å². The second-order valence-corrected chi connectivity index (χ2v) is 6.08. The summed E-state index contributed by atoms with van der Waals surface area (Å²) in [5.41, 5.74) is 10.2. The highest BCUT2D eigenvalue weighted by molar-refractivity contribution is 7.16. The van der Waals surface area contributed by atoms with Gasteiger partial charge in [-0.25, -0.2) is 9.50 Å². The van der Waals surface area contributed by atoms with Crippen LogP contribution in [0.1, 0.15) is 22.6 Å². The Bertz CT molecular complexity index is 716. The van der Waals surface area contributed by atoms with E-state index in [4.69, 9.17) is 5.73 Å². The highest BCUT2D eigenvalue weighted by Crippen LogP contribution is 2.24. The number of aryl methyl sites for hydroxylation is 3. The van der Waals surface area contributed by atoms with Crippen molar-refractivity contribution in [2.24, 2.45) is 5.73 Å². The topological polar surface area (TPSA) is 56.2 Å². The molecule has 21 heavy (non-hydrogen) atoms. The number of halogens is 1. The Balaban J connectivity index is 0.00000161. The molecule has 112 valence electrons. The fraction of sp³-hybridized carbons (Fsp3) is 0.333. The van der Waals surface area contributed by atoms with Gasteiger partial charge in [-0.3, -0.25) is 0 Å². The maximum atomic E-state index is 5.53. The molecule has 0 aliphatic rings. The van der Waals surface area contributed by atoms with E-state index in [1.807, 2.05) is 10.7 Å². The van der Waals surface area contributed by atoms with Crippen LogP contribution < -0.4 is 5.73 Å². The van der Waals surface area contributed by atoms with Crippen molar-refractivity contribution < 1.29 is 0 Å². The van der Waals surface area contributed by atoms with Gasteiger partial charge >= 0.3 is 0 Å². The third-order valence-corrected chi connectivity index (χ3v) is 4.46. The lowest BCUT2D eigenvalue weighted by atomic mass is 10.1. The van der Waals surface area contributed by atoms with Gasteiger partial charge in [-0.2, -0.15) is 5.10 Å². The van der Waals surface area contributed by atoms with Gasteiger partial charge in [-0.15, -0.1) is 12.4 Å². The first kappa shape index (κ1) is 15.9. The summed E-state index contributed by atoms with van der Waals surface area (Å²) in [7, 11) is 0. The zero-order valence-corrected chi connectivity index (χ0v) is 13.8. The van der Waals surface area contributed by atoms with Crippen molar-refractivity contribution in [3.63, 3.8) is 0 Å². The molecular formula is C15H19ClN4S. The molecule has 3 aromatic rings. The number of rotatable bonds is 4. The monoisotopic (exact) mass is 322 g/mol. The number of fused-ring (bicyclic) bond motifs is 1. The molecule has 3 rings (SSSR count). The smallest absolute Gasteiger partial charge is 0.212 e. The molecule has 4 nitrogen and oxygen atoms in total. The lowest BCUT2D eigenvalue weighted by Gasteiger charge is -2.01. The average molecular weight is 323 g/mol. The zero-order chi connectivity index (χ0) is 14.1. The average Bonchev–Trinajstić information content (AvgIpc) is 2.97. The Morgan fingerprint density at radius 3 is 2.71 bits per heavy atom. The standard InChI is InChI=1S/C15H18N4S.ClH/c1-10-5-6-12(8-11(10)2)13-9-19-15(17-13)20-14(18-19)4-3-7-16;/h5-6,8-9H,3-4,7,16H2,1-2H3;1H. The molecular weight excluding hydrogens is 304 g/mol. The van der Waals surface area contributed by atoms with Crippen molar-refractivity contribution in [3.8, 4) is 11.3 Å². The minimum atomic E-state index is 0. The van der Waals surface area contributed by atoms with Gasteiger partial charge in [0.15, 0.2) is 0 Å². The van der Waals surface area contributed by atoms with E-state index >= 15 is 0 Å². The third-order valence-electron chi connectivity index (χ3n) is 3.48. The molecule has 0 radical (unpaired) electrons. The summed E-state index contributed by atoms with van der Waals surface area (Å²) in [6.07, 6.45) is 3.91. The van der Waals surface area contributed by atoms with Gasteiger partial charge in [-0.1, -0.05) is 23.5 Å². The van der Waals surface area contributed by atoms with Crippen molar-refractivity contribution in [2.75, 3.05) is 6.54 Å². The molecule has 1 aromatic carbocycles. The second-order valence-electron chi connectivity index (χ2n) is 5.04. The first-order chi connectivity index (χ1) is 9.67. The quantitative estimate of drug-likeness (QED) is 0.801. The molecule has 0 unspecified atom stereocenters. The summed E-state index contributed by atoms with van der Waals surface area (Å²) in [6.45, 7) is 4.95. The molecule has 0 saturated carbocycles. The Hall–Kier alpha value is -1.43. The van der Waals surface area contributed by atoms with Crippen LogP contribution in [0.15, 0.2) is 24.4 Å². The second kappa shape index (κ2) is 6.56. The first-order valence-corrected chi connectivity index (χ1v) is 7.62. The minimum Gasteiger partial charge on any atom is -0.330 e. The number of nitrogens with zero attached hydrogens (tertiary/aromatic N) is 3. The van der Waals surface area contributed by atoms with Crippen molar-refractivity contribution in [3.05, 3.63) is 40.5 Å². The van der Waals surface area contributed by atoms with Crippen molar-refractivity contribution >= 4 is 28.7 Å². The van der Waals surface area contributed by atoms with Gasteiger partial charge in [-0.05, 0) is 44.0 Å². The summed E-state index contributed by atoms with van der Waals surface area (Å²) in [5, 5.41) is 5.65. The largest absolute Gasteiger partial charge is 0.330 e. The zero-order valence-electron chi connectivity index (χ0n) is 12.2. The van der Waals surface area contributed by atoms with E-state index in [1.54, 1.807) is 11.3 Å². The normalized spacial score (nSPS) is 10.8. The lowest BCUT2D eigenvalue weighted by Crippen LogP contribution is -2.00. The van der Waals surface area contributed by atoms with E-state index in [-0.39, 0.29) is 12.4 Å². The highest BCUT2D eigenvalue weighted by atomic mass is 35.5. The van der Waals surface area contributed by atoms with Crippen LogP contribution in [0.5, 0.6) is 0 Å². The fourth-order valence-corrected chi connectivity index (χ4v) is 3.05. The van der Waals surface area contributed by atoms with Gasteiger partial charge in [0.2, 0.25) is 4.96 Å². The molecule has 6 heteroatoms. The van der Waals surface area contributed by atoms with Gasteiger partial charge in [0, 0.05) is 12.0 Å².